The summed E-state index contributed by atoms with van der Waals surface area (Å²) in [4.78, 5) is 23.9. The molecule has 0 spiro atoms. The van der Waals surface area contributed by atoms with Crippen LogP contribution in [0.2, 0.25) is 5.02 Å². The summed E-state index contributed by atoms with van der Waals surface area (Å²) in [5.41, 5.74) is 6.49. The summed E-state index contributed by atoms with van der Waals surface area (Å²) in [6.45, 7) is 0. The molecule has 0 amide bonds. The van der Waals surface area contributed by atoms with Crippen molar-refractivity contribution in [1.82, 2.24) is 0 Å². The Morgan fingerprint density at radius 3 is 2.76 bits per heavy atom. The molecule has 1 aromatic rings. The first-order chi connectivity index (χ1) is 8.09. The van der Waals surface area contributed by atoms with E-state index in [9.17, 15) is 9.59 Å². The lowest BCUT2D eigenvalue weighted by molar-refractivity contribution is -0.122. The smallest absolute Gasteiger partial charge is 0.174 e. The van der Waals surface area contributed by atoms with Gasteiger partial charge in [0.05, 0.1) is 10.9 Å². The molecule has 0 radical (unpaired) electrons. The molecule has 17 heavy (non-hydrogen) atoms. The van der Waals surface area contributed by atoms with Crippen LogP contribution < -0.4 is 5.73 Å². The van der Waals surface area contributed by atoms with Gasteiger partial charge in [0.2, 0.25) is 0 Å². The van der Waals surface area contributed by atoms with Gasteiger partial charge in [0.25, 0.3) is 0 Å². The van der Waals surface area contributed by atoms with Crippen LogP contribution in [0.25, 0.3) is 0 Å². The van der Waals surface area contributed by atoms with E-state index >= 15 is 0 Å². The summed E-state index contributed by atoms with van der Waals surface area (Å²) in [5, 5.41) is 0.327. The van der Waals surface area contributed by atoms with Crippen LogP contribution >= 0.6 is 11.6 Å². The Hall–Kier alpha value is -1.35. The van der Waals surface area contributed by atoms with Crippen molar-refractivity contribution in [1.29, 1.82) is 0 Å². The summed E-state index contributed by atoms with van der Waals surface area (Å²) < 4.78 is 0. The molecule has 2 rings (SSSR count). The zero-order valence-electron chi connectivity index (χ0n) is 9.41. The van der Waals surface area contributed by atoms with E-state index < -0.39 is 5.92 Å². The zero-order chi connectivity index (χ0) is 12.4. The molecule has 1 atom stereocenters. The summed E-state index contributed by atoms with van der Waals surface area (Å²) >= 11 is 5.98. The van der Waals surface area contributed by atoms with Crippen molar-refractivity contribution in [3.63, 3.8) is 0 Å². The van der Waals surface area contributed by atoms with Crippen LogP contribution in [0.15, 0.2) is 18.2 Å². The van der Waals surface area contributed by atoms with E-state index in [-0.39, 0.29) is 11.6 Å². The van der Waals surface area contributed by atoms with Gasteiger partial charge in [0.1, 0.15) is 5.78 Å². The Bertz CT molecular complexity index is 470. The first-order valence-electron chi connectivity index (χ1n) is 5.71. The normalized spacial score (nSPS) is 20.3. The van der Waals surface area contributed by atoms with Gasteiger partial charge in [-0.1, -0.05) is 18.0 Å². The van der Waals surface area contributed by atoms with Crippen molar-refractivity contribution >= 4 is 28.9 Å². The molecule has 1 saturated carbocycles. The highest BCUT2D eigenvalue weighted by Gasteiger charge is 2.30. The highest BCUT2D eigenvalue weighted by molar-refractivity contribution is 6.35. The number of nitrogens with two attached hydrogens (primary N) is 1. The Balaban J connectivity index is 2.27. The largest absolute Gasteiger partial charge is 0.399 e. The second-order valence-electron chi connectivity index (χ2n) is 4.37. The zero-order valence-corrected chi connectivity index (χ0v) is 10.2. The number of ketones is 2. The van der Waals surface area contributed by atoms with E-state index in [4.69, 9.17) is 17.3 Å². The maximum absolute atomic E-state index is 12.2. The van der Waals surface area contributed by atoms with Crippen LogP contribution in [-0.2, 0) is 4.79 Å². The predicted molar refractivity (Wildman–Crippen MR) is 67.2 cm³/mol. The number of carbonyl (C=O) groups excluding carboxylic acids is 2. The van der Waals surface area contributed by atoms with Crippen molar-refractivity contribution in [2.45, 2.75) is 25.7 Å². The Morgan fingerprint density at radius 1 is 1.35 bits per heavy atom. The summed E-state index contributed by atoms with van der Waals surface area (Å²) in [5.74, 6) is -0.640. The third kappa shape index (κ3) is 2.50. The van der Waals surface area contributed by atoms with Gasteiger partial charge < -0.3 is 5.73 Å². The minimum Gasteiger partial charge on any atom is -0.399 e. The van der Waals surface area contributed by atoms with Crippen LogP contribution in [0.5, 0.6) is 0 Å². The molecule has 3 nitrogen and oxygen atoms in total. The summed E-state index contributed by atoms with van der Waals surface area (Å²) in [6.07, 6.45) is 2.95. The molecule has 0 aromatic heterocycles. The first kappa shape index (κ1) is 12.1. The first-order valence-corrected chi connectivity index (χ1v) is 6.09. The Labute approximate surface area is 105 Å². The van der Waals surface area contributed by atoms with Crippen LogP contribution in [0, 0.1) is 5.92 Å². The fourth-order valence-electron chi connectivity index (χ4n) is 2.18. The fraction of sp³-hybridized carbons (Fsp3) is 0.385. The predicted octanol–water partition coefficient (Wildman–Crippen LogP) is 2.86. The second kappa shape index (κ2) is 4.88. The van der Waals surface area contributed by atoms with Gasteiger partial charge in [-0.05, 0) is 31.0 Å². The number of Topliss-reactive ketones (excluding diaryl/α,β-unsaturated/α-hetero) is 2. The molecule has 1 unspecified atom stereocenters. The molecular weight excluding hydrogens is 238 g/mol. The highest BCUT2D eigenvalue weighted by atomic mass is 35.5. The number of benzene rings is 1. The van der Waals surface area contributed by atoms with E-state index in [1.165, 1.54) is 0 Å². The minimum atomic E-state index is -0.509. The molecule has 1 aliphatic rings. The van der Waals surface area contributed by atoms with Gasteiger partial charge in [0, 0.05) is 17.7 Å². The van der Waals surface area contributed by atoms with Gasteiger partial charge in [-0.2, -0.15) is 0 Å². The minimum absolute atomic E-state index is 0.0362. The van der Waals surface area contributed by atoms with E-state index in [1.54, 1.807) is 18.2 Å². The SMILES string of the molecule is Nc1ccc(C(=O)C2CCCCC2=O)c(Cl)c1. The fourth-order valence-corrected chi connectivity index (χ4v) is 2.46. The van der Waals surface area contributed by atoms with Crippen LogP contribution in [0.4, 0.5) is 5.69 Å². The number of nitrogen functional groups attached to an aromatic ring is 1. The average molecular weight is 252 g/mol. The van der Waals surface area contributed by atoms with Crippen molar-refractivity contribution in [3.05, 3.63) is 28.8 Å². The van der Waals surface area contributed by atoms with Crippen LogP contribution in [-0.4, -0.2) is 11.6 Å². The van der Waals surface area contributed by atoms with Gasteiger partial charge in [-0.3, -0.25) is 9.59 Å². The monoisotopic (exact) mass is 251 g/mol. The number of hydrogen-bond donors (Lipinski definition) is 1. The van der Waals surface area contributed by atoms with Crippen molar-refractivity contribution in [2.24, 2.45) is 5.92 Å². The average Bonchev–Trinajstić information content (AvgIpc) is 2.29. The molecule has 0 heterocycles. The van der Waals surface area contributed by atoms with E-state index in [1.807, 2.05) is 0 Å². The van der Waals surface area contributed by atoms with Crippen LogP contribution in [0.1, 0.15) is 36.0 Å². The van der Waals surface area contributed by atoms with Gasteiger partial charge in [-0.25, -0.2) is 0 Å². The van der Waals surface area contributed by atoms with Gasteiger partial charge in [-0.15, -0.1) is 0 Å². The van der Waals surface area contributed by atoms with Gasteiger partial charge >= 0.3 is 0 Å². The van der Waals surface area contributed by atoms with E-state index in [0.29, 0.717) is 29.1 Å². The third-order valence-electron chi connectivity index (χ3n) is 3.13. The second-order valence-corrected chi connectivity index (χ2v) is 4.78. The number of anilines is 1. The maximum Gasteiger partial charge on any atom is 0.174 e. The number of rotatable bonds is 2. The van der Waals surface area contributed by atoms with Crippen LogP contribution in [0.3, 0.4) is 0 Å². The highest BCUT2D eigenvalue weighted by Crippen LogP contribution is 2.28. The lowest BCUT2D eigenvalue weighted by Crippen LogP contribution is -2.27. The Kier molecular flexibility index (Phi) is 3.48. The van der Waals surface area contributed by atoms with E-state index in [0.717, 1.165) is 12.8 Å². The summed E-state index contributed by atoms with van der Waals surface area (Å²) in [6, 6.07) is 4.77. The van der Waals surface area contributed by atoms with Crippen molar-refractivity contribution in [2.75, 3.05) is 5.73 Å². The van der Waals surface area contributed by atoms with Crippen molar-refractivity contribution < 1.29 is 9.59 Å². The summed E-state index contributed by atoms with van der Waals surface area (Å²) in [7, 11) is 0. The number of halogens is 1. The third-order valence-corrected chi connectivity index (χ3v) is 3.44. The molecule has 0 saturated heterocycles. The molecule has 1 aliphatic carbocycles. The standard InChI is InChI=1S/C13H14ClNO2/c14-11-7-8(15)5-6-9(11)13(17)10-3-1-2-4-12(10)16/h5-7,10H,1-4,15H2. The molecule has 90 valence electrons. The number of carbonyl (C=O) groups is 2. The molecule has 4 heteroatoms. The molecule has 0 aliphatic heterocycles. The lowest BCUT2D eigenvalue weighted by Gasteiger charge is -2.19. The molecule has 1 aromatic carbocycles. The number of hydrogen-bond acceptors (Lipinski definition) is 3. The lowest BCUT2D eigenvalue weighted by atomic mass is 9.83. The quantitative estimate of drug-likeness (QED) is 0.499. The maximum atomic E-state index is 12.2. The molecule has 0 bridgehead atoms. The topological polar surface area (TPSA) is 60.2 Å². The molecular formula is C13H14ClNO2. The van der Waals surface area contributed by atoms with Gasteiger partial charge in [0.15, 0.2) is 5.78 Å². The Morgan fingerprint density at radius 2 is 2.12 bits per heavy atom. The van der Waals surface area contributed by atoms with E-state index in [2.05, 4.69) is 0 Å². The molecule has 2 N–H and O–H groups in total. The molecule has 1 fully saturated rings. The van der Waals surface area contributed by atoms with Crippen molar-refractivity contribution in [3.8, 4) is 0 Å².